The molecule has 18 heteroatoms. The van der Waals surface area contributed by atoms with Crippen LogP contribution in [0.25, 0.3) is 5.65 Å². The lowest BCUT2D eigenvalue weighted by atomic mass is 9.93. The Labute approximate surface area is 416 Å². The maximum Gasteiger partial charge on any atom is 0.289 e. The Morgan fingerprint density at radius 1 is 0.900 bits per heavy atom. The molecule has 1 aromatic carbocycles. The van der Waals surface area contributed by atoms with Gasteiger partial charge in [-0.25, -0.2) is 19.9 Å². The number of amides is 1. The van der Waals surface area contributed by atoms with Crippen molar-refractivity contribution in [1.82, 2.24) is 44.7 Å². The number of ether oxygens (including phenoxy) is 2. The molecule has 4 aromatic heterocycles. The number of nitrogens with zero attached hydrogens (tertiary/aromatic N) is 11. The first-order chi connectivity index (χ1) is 34.3. The number of fused-ring (bicyclic) bond motifs is 1. The van der Waals surface area contributed by atoms with Crippen LogP contribution in [0.5, 0.6) is 11.6 Å². The molecular weight excluding hydrogens is 906 g/mol. The second-order valence-corrected chi connectivity index (χ2v) is 19.7. The number of piperidine rings is 2. The number of carbonyl (C=O) groups is 1. The number of hydrogen-bond donors (Lipinski definition) is 3. The van der Waals surface area contributed by atoms with E-state index in [0.717, 1.165) is 164 Å². The summed E-state index contributed by atoms with van der Waals surface area (Å²) in [5.74, 6) is 3.75. The van der Waals surface area contributed by atoms with Gasteiger partial charge in [0.2, 0.25) is 11.7 Å². The average molecular weight is 975 g/mol. The minimum atomic E-state index is -0.244. The fourth-order valence-corrected chi connectivity index (χ4v) is 10.7. The quantitative estimate of drug-likeness (QED) is 0.0736. The van der Waals surface area contributed by atoms with E-state index in [9.17, 15) is 9.90 Å². The summed E-state index contributed by atoms with van der Waals surface area (Å²) in [6.07, 6.45) is 18.8. The average Bonchev–Trinajstić information content (AvgIpc) is 3.82. The number of aliphatic hydroxyl groups is 1. The molecule has 5 aromatic rings. The number of benzene rings is 1. The smallest absolute Gasteiger partial charge is 0.289 e. The molecule has 3 saturated heterocycles. The number of pyridine rings is 1. The number of aromatic nitrogens is 6. The monoisotopic (exact) mass is 974 g/mol. The van der Waals surface area contributed by atoms with Gasteiger partial charge in [-0.2, -0.15) is 14.9 Å². The summed E-state index contributed by atoms with van der Waals surface area (Å²) in [7, 11) is 0. The van der Waals surface area contributed by atoms with Crippen LogP contribution < -0.4 is 29.9 Å². The van der Waals surface area contributed by atoms with Gasteiger partial charge in [0.15, 0.2) is 5.65 Å². The lowest BCUT2D eigenvalue weighted by Gasteiger charge is -2.39. The molecular formula is C52H68ClN13O4. The topological polar surface area (TPSA) is 185 Å². The first kappa shape index (κ1) is 49.2. The maximum atomic E-state index is 13.0. The number of carbonyl (C=O) groups excluding carboxylic acids is 1. The third kappa shape index (κ3) is 12.6. The van der Waals surface area contributed by atoms with E-state index >= 15 is 0 Å². The fourth-order valence-electron chi connectivity index (χ4n) is 10.5. The summed E-state index contributed by atoms with van der Waals surface area (Å²) >= 11 is 6.17. The Hall–Kier alpha value is -5.80. The highest BCUT2D eigenvalue weighted by Gasteiger charge is 2.28. The fraction of sp³-hybridized carbons (Fsp3) is 0.558. The summed E-state index contributed by atoms with van der Waals surface area (Å²) in [6, 6.07) is 13.7. The first-order valence-electron chi connectivity index (χ1n) is 25.6. The van der Waals surface area contributed by atoms with Gasteiger partial charge in [0, 0.05) is 114 Å². The molecule has 372 valence electrons. The lowest BCUT2D eigenvalue weighted by Crippen LogP contribution is -2.49. The molecule has 0 spiro atoms. The van der Waals surface area contributed by atoms with Crippen molar-refractivity contribution in [3.8, 4) is 17.7 Å². The summed E-state index contributed by atoms with van der Waals surface area (Å²) in [4.78, 5) is 41.5. The van der Waals surface area contributed by atoms with Crippen LogP contribution in [-0.2, 0) is 13.0 Å². The number of anilines is 3. The standard InChI is InChI=1S/C52H68ClN13O4/c1-2-39-33-59-66-47(29-48(61-51(39)66)65-19-4-3-6-42(65)17-26-67)55-31-38-7-14-49(56-32-38)69-27-5-18-62-22-24-63(25-23-62)36-37-15-20-64(21-16-37)43-34-57-50(58-35-43)52(68)60-41-9-12-44(13-10-41)70-45-11-8-40(30-54)46(53)28-45/h7-8,11,14,28-29,32-35,37,41-42,44,55,67H,2-6,9-10,12-13,15-27,31,36H2,1H3,(H,60,68). The minimum Gasteiger partial charge on any atom is -0.490 e. The van der Waals surface area contributed by atoms with Gasteiger partial charge in [0.1, 0.15) is 23.5 Å². The minimum absolute atomic E-state index is 0.0348. The molecule has 1 unspecified atom stereocenters. The summed E-state index contributed by atoms with van der Waals surface area (Å²) in [5, 5.41) is 30.6. The Kier molecular flexibility index (Phi) is 16.8. The van der Waals surface area contributed by atoms with Gasteiger partial charge in [-0.15, -0.1) is 0 Å². The third-order valence-corrected chi connectivity index (χ3v) is 14.9. The predicted octanol–water partition coefficient (Wildman–Crippen LogP) is 6.78. The first-order valence-corrected chi connectivity index (χ1v) is 26.0. The molecule has 4 fully saturated rings. The van der Waals surface area contributed by atoms with E-state index in [1.165, 1.54) is 6.42 Å². The van der Waals surface area contributed by atoms with Gasteiger partial charge >= 0.3 is 0 Å². The van der Waals surface area contributed by atoms with E-state index in [1.54, 1.807) is 30.6 Å². The predicted molar refractivity (Wildman–Crippen MR) is 271 cm³/mol. The summed E-state index contributed by atoms with van der Waals surface area (Å²) in [6.45, 7) is 12.9. The van der Waals surface area contributed by atoms with Gasteiger partial charge in [-0.3, -0.25) is 4.79 Å². The number of halogens is 1. The van der Waals surface area contributed by atoms with Crippen LogP contribution in [0, 0.1) is 17.2 Å². The largest absolute Gasteiger partial charge is 0.490 e. The zero-order chi connectivity index (χ0) is 48.2. The third-order valence-electron chi connectivity index (χ3n) is 14.6. The number of rotatable bonds is 19. The highest BCUT2D eigenvalue weighted by Crippen LogP contribution is 2.31. The van der Waals surface area contributed by atoms with Crippen molar-refractivity contribution in [2.45, 2.75) is 109 Å². The van der Waals surface area contributed by atoms with Crippen molar-refractivity contribution in [2.24, 2.45) is 5.92 Å². The van der Waals surface area contributed by atoms with Crippen molar-refractivity contribution >= 4 is 40.5 Å². The summed E-state index contributed by atoms with van der Waals surface area (Å²) in [5.41, 5.74) is 4.44. The van der Waals surface area contributed by atoms with Crippen LogP contribution in [0.4, 0.5) is 17.3 Å². The van der Waals surface area contributed by atoms with Gasteiger partial charge < -0.3 is 44.8 Å². The number of aryl methyl sites for hydroxylation is 1. The van der Waals surface area contributed by atoms with Gasteiger partial charge in [0.25, 0.3) is 5.91 Å². The van der Waals surface area contributed by atoms with Crippen LogP contribution in [0.1, 0.15) is 105 Å². The second-order valence-electron chi connectivity index (χ2n) is 19.3. The molecule has 1 aliphatic carbocycles. The van der Waals surface area contributed by atoms with Crippen molar-refractivity contribution < 1.29 is 19.4 Å². The number of hydrogen-bond acceptors (Lipinski definition) is 15. The molecule has 1 saturated carbocycles. The molecule has 70 heavy (non-hydrogen) atoms. The van der Waals surface area contributed by atoms with E-state index < -0.39 is 0 Å². The number of nitrogens with one attached hydrogen (secondary N) is 2. The van der Waals surface area contributed by atoms with E-state index in [-0.39, 0.29) is 30.5 Å². The van der Waals surface area contributed by atoms with Crippen molar-refractivity contribution in [3.63, 3.8) is 0 Å². The van der Waals surface area contributed by atoms with Crippen LogP contribution in [0.2, 0.25) is 5.02 Å². The Bertz CT molecular complexity index is 2510. The van der Waals surface area contributed by atoms with Crippen molar-refractivity contribution in [1.29, 1.82) is 5.26 Å². The molecule has 3 N–H and O–H groups in total. The molecule has 3 aliphatic heterocycles. The Balaban J connectivity index is 0.638. The summed E-state index contributed by atoms with van der Waals surface area (Å²) < 4.78 is 14.1. The second kappa shape index (κ2) is 23.9. The Morgan fingerprint density at radius 3 is 2.43 bits per heavy atom. The molecule has 4 aliphatic rings. The maximum absolute atomic E-state index is 13.0. The highest BCUT2D eigenvalue weighted by atomic mass is 35.5. The van der Waals surface area contributed by atoms with E-state index in [4.69, 9.17) is 31.3 Å². The SMILES string of the molecule is CCc1cnn2c(NCc3ccc(OCCCN4CCN(CC5CCN(c6cnc(C(=O)NC7CCC(Oc8ccc(C#N)c(Cl)c8)CC7)nc6)CC5)CC4)nc3)cc(N3CCCCC3CCO)nc12. The van der Waals surface area contributed by atoms with Crippen LogP contribution >= 0.6 is 11.6 Å². The van der Waals surface area contributed by atoms with Gasteiger partial charge in [-0.05, 0) is 101 Å². The van der Waals surface area contributed by atoms with Crippen molar-refractivity contribution in [2.75, 3.05) is 87.2 Å². The van der Waals surface area contributed by atoms with Crippen LogP contribution in [0.15, 0.2) is 61.2 Å². The van der Waals surface area contributed by atoms with E-state index in [1.807, 2.05) is 23.0 Å². The number of nitriles is 1. The molecule has 1 amide bonds. The molecule has 0 bridgehead atoms. The van der Waals surface area contributed by atoms with Crippen molar-refractivity contribution in [3.05, 3.63) is 88.7 Å². The number of piperazine rings is 1. The Morgan fingerprint density at radius 2 is 1.70 bits per heavy atom. The van der Waals surface area contributed by atoms with Gasteiger partial charge in [-0.1, -0.05) is 24.6 Å². The zero-order valence-corrected chi connectivity index (χ0v) is 41.3. The van der Waals surface area contributed by atoms with E-state index in [0.29, 0.717) is 47.3 Å². The van der Waals surface area contributed by atoms with Gasteiger partial charge in [0.05, 0.1) is 47.6 Å². The van der Waals surface area contributed by atoms with E-state index in [2.05, 4.69) is 75.4 Å². The zero-order valence-electron chi connectivity index (χ0n) is 40.5. The molecule has 7 heterocycles. The highest BCUT2D eigenvalue weighted by molar-refractivity contribution is 6.31. The molecule has 0 radical (unpaired) electrons. The normalized spacial score (nSPS) is 20.6. The molecule has 1 atom stereocenters. The molecule has 9 rings (SSSR count). The lowest BCUT2D eigenvalue weighted by molar-refractivity contribution is 0.0883. The molecule has 17 nitrogen and oxygen atoms in total. The number of aliphatic hydroxyl groups excluding tert-OH is 1. The van der Waals surface area contributed by atoms with Crippen LogP contribution in [-0.4, -0.2) is 141 Å². The van der Waals surface area contributed by atoms with Crippen LogP contribution in [0.3, 0.4) is 0 Å².